The van der Waals surface area contributed by atoms with Crippen molar-refractivity contribution in [2.24, 2.45) is 0 Å². The first-order valence-corrected chi connectivity index (χ1v) is 9.23. The van der Waals surface area contributed by atoms with Gasteiger partial charge in [-0.3, -0.25) is 9.36 Å². The van der Waals surface area contributed by atoms with Crippen LogP contribution in [0.3, 0.4) is 0 Å². The Morgan fingerprint density at radius 1 is 1.33 bits per heavy atom. The molecule has 6 heteroatoms. The Kier molecular flexibility index (Phi) is 4.67. The lowest BCUT2D eigenvalue weighted by atomic mass is 9.87. The molecule has 0 fully saturated rings. The van der Waals surface area contributed by atoms with Gasteiger partial charge in [0.2, 0.25) is 0 Å². The second kappa shape index (κ2) is 6.59. The zero-order chi connectivity index (χ0) is 17.3. The number of hydrogen-bond donors (Lipinski definition) is 0. The van der Waals surface area contributed by atoms with E-state index in [1.54, 1.807) is 0 Å². The van der Waals surface area contributed by atoms with Crippen LogP contribution in [-0.4, -0.2) is 32.6 Å². The Balaban J connectivity index is 1.99. The molecule has 3 rings (SSSR count). The van der Waals surface area contributed by atoms with Crippen LogP contribution in [-0.2, 0) is 21.5 Å². The second-order valence-electron chi connectivity index (χ2n) is 6.55. The van der Waals surface area contributed by atoms with Gasteiger partial charge < -0.3 is 4.74 Å². The third-order valence-corrected chi connectivity index (χ3v) is 5.57. The number of ether oxygens (including phenoxy) is 1. The van der Waals surface area contributed by atoms with Gasteiger partial charge in [0.15, 0.2) is 11.0 Å². The van der Waals surface area contributed by atoms with Crippen LogP contribution >= 0.6 is 11.8 Å². The van der Waals surface area contributed by atoms with Gasteiger partial charge in [-0.25, -0.2) is 0 Å². The average Bonchev–Trinajstić information content (AvgIpc) is 2.97. The summed E-state index contributed by atoms with van der Waals surface area (Å²) in [4.78, 5) is 12.1. The SMILES string of the molecule is CCOC(=O)[C@@H](CC)Sc1nnc2n1C(C)(C)Cc1ccccc1-2. The number of fused-ring (bicyclic) bond motifs is 3. The number of rotatable bonds is 5. The van der Waals surface area contributed by atoms with Crippen molar-refractivity contribution in [1.82, 2.24) is 14.8 Å². The lowest BCUT2D eigenvalue weighted by Gasteiger charge is -2.34. The lowest BCUT2D eigenvalue weighted by Crippen LogP contribution is -2.34. The number of nitrogens with zero attached hydrogens (tertiary/aromatic N) is 3. The Bertz CT molecular complexity index is 754. The van der Waals surface area contributed by atoms with Crippen LogP contribution in [0.2, 0.25) is 0 Å². The van der Waals surface area contributed by atoms with Gasteiger partial charge in [0, 0.05) is 11.1 Å². The average molecular weight is 345 g/mol. The van der Waals surface area contributed by atoms with Crippen molar-refractivity contribution in [1.29, 1.82) is 0 Å². The van der Waals surface area contributed by atoms with Crippen molar-refractivity contribution in [3.8, 4) is 11.4 Å². The molecule has 1 aromatic heterocycles. The summed E-state index contributed by atoms with van der Waals surface area (Å²) in [7, 11) is 0. The van der Waals surface area contributed by atoms with Crippen LogP contribution in [0.25, 0.3) is 11.4 Å². The number of benzene rings is 1. The van der Waals surface area contributed by atoms with E-state index in [4.69, 9.17) is 4.74 Å². The van der Waals surface area contributed by atoms with Crippen LogP contribution in [0.1, 0.15) is 39.7 Å². The summed E-state index contributed by atoms with van der Waals surface area (Å²) in [6.45, 7) is 8.58. The molecule has 0 N–H and O–H groups in total. The quantitative estimate of drug-likeness (QED) is 0.611. The van der Waals surface area contributed by atoms with Gasteiger partial charge in [-0.2, -0.15) is 0 Å². The van der Waals surface area contributed by atoms with E-state index in [0.29, 0.717) is 13.0 Å². The van der Waals surface area contributed by atoms with Gasteiger partial charge in [0.05, 0.1) is 6.61 Å². The van der Waals surface area contributed by atoms with Crippen molar-refractivity contribution in [2.45, 2.75) is 56.5 Å². The summed E-state index contributed by atoms with van der Waals surface area (Å²) in [5, 5.41) is 9.34. The van der Waals surface area contributed by atoms with E-state index in [0.717, 1.165) is 23.0 Å². The van der Waals surface area contributed by atoms with E-state index in [9.17, 15) is 4.79 Å². The number of carbonyl (C=O) groups excluding carboxylic acids is 1. The van der Waals surface area contributed by atoms with Crippen molar-refractivity contribution < 1.29 is 9.53 Å². The molecule has 0 unspecified atom stereocenters. The summed E-state index contributed by atoms with van der Waals surface area (Å²) in [5.74, 6) is 0.694. The molecule has 0 saturated carbocycles. The minimum absolute atomic E-state index is 0.136. The Morgan fingerprint density at radius 2 is 2.08 bits per heavy atom. The molecular formula is C18H23N3O2S. The summed E-state index contributed by atoms with van der Waals surface area (Å²) >= 11 is 1.45. The summed E-state index contributed by atoms with van der Waals surface area (Å²) in [5.41, 5.74) is 2.28. The van der Waals surface area contributed by atoms with Crippen molar-refractivity contribution in [3.63, 3.8) is 0 Å². The zero-order valence-corrected chi connectivity index (χ0v) is 15.4. The topological polar surface area (TPSA) is 57.0 Å². The first-order valence-electron chi connectivity index (χ1n) is 8.35. The van der Waals surface area contributed by atoms with Gasteiger partial charge in [-0.05, 0) is 39.2 Å². The number of aromatic nitrogens is 3. The van der Waals surface area contributed by atoms with E-state index in [2.05, 4.69) is 46.8 Å². The first-order chi connectivity index (χ1) is 11.5. The molecule has 1 aromatic carbocycles. The fourth-order valence-corrected chi connectivity index (χ4v) is 4.28. The fourth-order valence-electron chi connectivity index (χ4n) is 3.16. The van der Waals surface area contributed by atoms with Crippen molar-refractivity contribution in [3.05, 3.63) is 29.8 Å². The number of carbonyl (C=O) groups is 1. The molecule has 0 amide bonds. The first kappa shape index (κ1) is 17.0. The van der Waals surface area contributed by atoms with Crippen LogP contribution in [0.15, 0.2) is 29.4 Å². The third kappa shape index (κ3) is 2.95. The zero-order valence-electron chi connectivity index (χ0n) is 14.6. The Morgan fingerprint density at radius 3 is 2.79 bits per heavy atom. The normalized spacial score (nSPS) is 16.2. The molecule has 1 aliphatic rings. The summed E-state index contributed by atoms with van der Waals surface area (Å²) in [6, 6.07) is 8.32. The monoisotopic (exact) mass is 345 g/mol. The molecule has 0 aliphatic carbocycles. The molecule has 24 heavy (non-hydrogen) atoms. The van der Waals surface area contributed by atoms with Crippen LogP contribution in [0.4, 0.5) is 0 Å². The summed E-state index contributed by atoms with van der Waals surface area (Å²) in [6.07, 6.45) is 1.61. The highest BCUT2D eigenvalue weighted by atomic mass is 32.2. The van der Waals surface area contributed by atoms with E-state index < -0.39 is 0 Å². The van der Waals surface area contributed by atoms with Gasteiger partial charge in [0.1, 0.15) is 5.25 Å². The molecule has 0 saturated heterocycles. The minimum atomic E-state index is -0.258. The number of thioether (sulfide) groups is 1. The van der Waals surface area contributed by atoms with Crippen LogP contribution in [0.5, 0.6) is 0 Å². The van der Waals surface area contributed by atoms with E-state index >= 15 is 0 Å². The van der Waals surface area contributed by atoms with E-state index in [1.165, 1.54) is 17.3 Å². The van der Waals surface area contributed by atoms with Gasteiger partial charge >= 0.3 is 5.97 Å². The highest BCUT2D eigenvalue weighted by Crippen LogP contribution is 2.40. The maximum Gasteiger partial charge on any atom is 0.319 e. The molecule has 2 aromatic rings. The van der Waals surface area contributed by atoms with Gasteiger partial charge in [-0.15, -0.1) is 10.2 Å². The minimum Gasteiger partial charge on any atom is -0.465 e. The predicted molar refractivity (Wildman–Crippen MR) is 95.1 cm³/mol. The molecule has 2 heterocycles. The molecule has 1 aliphatic heterocycles. The molecule has 1 atom stereocenters. The molecule has 5 nitrogen and oxygen atoms in total. The van der Waals surface area contributed by atoms with Crippen molar-refractivity contribution in [2.75, 3.05) is 6.61 Å². The predicted octanol–water partition coefficient (Wildman–Crippen LogP) is 3.67. The largest absolute Gasteiger partial charge is 0.465 e. The maximum absolute atomic E-state index is 12.1. The Labute approximate surface area is 146 Å². The van der Waals surface area contributed by atoms with E-state index in [-0.39, 0.29) is 16.8 Å². The molecule has 128 valence electrons. The van der Waals surface area contributed by atoms with E-state index in [1.807, 2.05) is 19.9 Å². The van der Waals surface area contributed by atoms with Gasteiger partial charge in [-0.1, -0.05) is 43.0 Å². The highest BCUT2D eigenvalue weighted by Gasteiger charge is 2.35. The number of hydrogen-bond acceptors (Lipinski definition) is 5. The van der Waals surface area contributed by atoms with Crippen molar-refractivity contribution >= 4 is 17.7 Å². The molecular weight excluding hydrogens is 322 g/mol. The smallest absolute Gasteiger partial charge is 0.319 e. The maximum atomic E-state index is 12.1. The summed E-state index contributed by atoms with van der Waals surface area (Å²) < 4.78 is 7.35. The molecule has 0 radical (unpaired) electrons. The second-order valence-corrected chi connectivity index (χ2v) is 7.72. The van der Waals surface area contributed by atoms with Crippen LogP contribution < -0.4 is 0 Å². The lowest BCUT2D eigenvalue weighted by molar-refractivity contribution is -0.142. The van der Waals surface area contributed by atoms with Gasteiger partial charge in [0.25, 0.3) is 0 Å². The highest BCUT2D eigenvalue weighted by molar-refractivity contribution is 8.00. The third-order valence-electron chi connectivity index (χ3n) is 4.29. The Hall–Kier alpha value is -1.82. The fraction of sp³-hybridized carbons (Fsp3) is 0.500. The number of esters is 1. The molecule has 0 bridgehead atoms. The molecule has 0 spiro atoms. The standard InChI is InChI=1S/C18H23N3O2S/c1-5-14(16(22)23-6-2)24-17-20-19-15-13-10-8-7-9-12(13)11-18(3,4)21(15)17/h7-10,14H,5-6,11H2,1-4H3/t14-/m1/s1. The van der Waals surface area contributed by atoms with Crippen LogP contribution in [0, 0.1) is 0 Å².